The van der Waals surface area contributed by atoms with Crippen LogP contribution >= 0.6 is 68.0 Å². The van der Waals surface area contributed by atoms with Crippen LogP contribution in [0, 0.1) is 0 Å². The summed E-state index contributed by atoms with van der Waals surface area (Å²) in [6.45, 7) is 33.1. The molecule has 0 radical (unpaired) electrons. The highest BCUT2D eigenvalue weighted by Crippen LogP contribution is 2.52. The van der Waals surface area contributed by atoms with Gasteiger partial charge in [-0.15, -0.1) is 68.0 Å². The zero-order chi connectivity index (χ0) is 39.6. The van der Waals surface area contributed by atoms with Crippen LogP contribution in [0.2, 0.25) is 33.2 Å². The first-order valence-corrected chi connectivity index (χ1v) is 28.8. The lowest BCUT2D eigenvalue weighted by atomic mass is 10.2. The fourth-order valence-corrected chi connectivity index (χ4v) is 36.2. The predicted octanol–water partition coefficient (Wildman–Crippen LogP) is 15.0. The quantitative estimate of drug-likeness (QED) is 0.0808. The first kappa shape index (κ1) is 42.0. The SMILES string of the molecule is CCOC(=O)c1c(-c2cc3sc([Si](C(C)C)(C(C)C)C(C)C)c(C(=O)OCC)c3s2)sc2cc(-c3cc4sc([Si](C(C)C)(C(C)C)C(C)C)cc4s3)sc12. The van der Waals surface area contributed by atoms with Crippen LogP contribution in [-0.4, -0.2) is 41.3 Å². The van der Waals surface area contributed by atoms with Crippen LogP contribution in [0.4, 0.5) is 0 Å². The number of carbonyl (C=O) groups is 2. The Morgan fingerprint density at radius 2 is 0.926 bits per heavy atom. The van der Waals surface area contributed by atoms with Crippen molar-refractivity contribution in [3.63, 3.8) is 0 Å². The topological polar surface area (TPSA) is 52.6 Å². The smallest absolute Gasteiger partial charge is 0.341 e. The fourth-order valence-electron chi connectivity index (χ4n) is 10.1. The molecule has 12 heteroatoms. The zero-order valence-corrected chi connectivity index (χ0v) is 41.2. The molecule has 0 amide bonds. The summed E-state index contributed by atoms with van der Waals surface area (Å²) in [4.78, 5) is 32.1. The first-order valence-electron chi connectivity index (χ1n) is 19.5. The van der Waals surface area contributed by atoms with E-state index in [1.54, 1.807) is 49.8 Å². The van der Waals surface area contributed by atoms with E-state index in [2.05, 4.69) is 107 Å². The molecule has 0 N–H and O–H groups in total. The summed E-state index contributed by atoms with van der Waals surface area (Å²) in [5.41, 5.74) is 4.84. The minimum absolute atomic E-state index is 0.220. The van der Waals surface area contributed by atoms with Crippen molar-refractivity contribution in [2.75, 3.05) is 13.2 Å². The molecule has 292 valence electrons. The molecule has 54 heavy (non-hydrogen) atoms. The van der Waals surface area contributed by atoms with Gasteiger partial charge in [0.2, 0.25) is 0 Å². The van der Waals surface area contributed by atoms with E-state index in [0.29, 0.717) is 52.0 Å². The van der Waals surface area contributed by atoms with Gasteiger partial charge in [-0.1, -0.05) is 83.1 Å². The van der Waals surface area contributed by atoms with Gasteiger partial charge in [-0.05, 0) is 75.9 Å². The molecule has 0 bridgehead atoms. The van der Waals surface area contributed by atoms with E-state index in [9.17, 15) is 9.59 Å². The van der Waals surface area contributed by atoms with Crippen molar-refractivity contribution in [1.82, 2.24) is 0 Å². The van der Waals surface area contributed by atoms with Crippen molar-refractivity contribution in [2.45, 2.75) is 130 Å². The first-order chi connectivity index (χ1) is 25.5. The van der Waals surface area contributed by atoms with Crippen LogP contribution in [0.25, 0.3) is 47.7 Å². The summed E-state index contributed by atoms with van der Waals surface area (Å²) in [6.07, 6.45) is 0. The minimum Gasteiger partial charge on any atom is -0.462 e. The monoisotopic (exact) mass is 872 g/mol. The fraction of sp³-hybridized carbons (Fsp3) is 0.524. The van der Waals surface area contributed by atoms with E-state index in [-0.39, 0.29) is 11.9 Å². The zero-order valence-electron chi connectivity index (χ0n) is 34.3. The molecule has 0 atom stereocenters. The second kappa shape index (κ2) is 15.9. The van der Waals surface area contributed by atoms with Gasteiger partial charge in [0.1, 0.15) is 16.1 Å². The Kier molecular flexibility index (Phi) is 12.4. The maximum Gasteiger partial charge on any atom is 0.341 e. The molecule has 0 unspecified atom stereocenters. The standard InChI is InChI=1S/C42H56O4S6Si2/c1-15-45-40(43)35-37-31(18-29(49-37)27-17-28-30(47-27)20-34(48-28)53(21(3)4,22(5)6)23(7)8)50-38(35)32-19-33-39(51-32)36(41(44)46-16-2)42(52-33)54(24(9)10,25(11)12)26(13)14/h17-26H,15-16H2,1-14H3. The lowest BCUT2D eigenvalue weighted by Crippen LogP contribution is -2.56. The van der Waals surface area contributed by atoms with Crippen LogP contribution in [-0.2, 0) is 9.47 Å². The van der Waals surface area contributed by atoms with E-state index in [1.807, 2.05) is 36.5 Å². The maximum absolute atomic E-state index is 13.9. The number of fused-ring (bicyclic) bond motifs is 3. The molecule has 6 rings (SSSR count). The van der Waals surface area contributed by atoms with Crippen LogP contribution in [0.5, 0.6) is 0 Å². The molecular weight excluding hydrogens is 817 g/mol. The number of rotatable bonds is 14. The van der Waals surface area contributed by atoms with Crippen LogP contribution < -0.4 is 9.00 Å². The minimum atomic E-state index is -2.15. The van der Waals surface area contributed by atoms with Gasteiger partial charge in [0.25, 0.3) is 0 Å². The molecular formula is C42H56O4S6Si2. The molecule has 0 aromatic carbocycles. The average molecular weight is 873 g/mol. The Labute approximate surface area is 348 Å². The summed E-state index contributed by atoms with van der Waals surface area (Å²) < 4.78 is 21.3. The molecule has 0 aliphatic heterocycles. The lowest BCUT2D eigenvalue weighted by molar-refractivity contribution is 0.0520. The second-order valence-electron chi connectivity index (χ2n) is 16.4. The van der Waals surface area contributed by atoms with E-state index < -0.39 is 16.1 Å². The molecule has 4 nitrogen and oxygen atoms in total. The highest BCUT2D eigenvalue weighted by atomic mass is 32.1. The summed E-state index contributed by atoms with van der Waals surface area (Å²) in [5, 5.41) is 0. The molecule has 0 aliphatic rings. The number of thiophene rings is 6. The lowest BCUT2D eigenvalue weighted by Gasteiger charge is -2.43. The maximum atomic E-state index is 13.9. The third-order valence-corrected chi connectivity index (χ3v) is 35.3. The van der Waals surface area contributed by atoms with E-state index in [4.69, 9.17) is 9.47 Å². The summed E-state index contributed by atoms with van der Waals surface area (Å²) in [6, 6.07) is 9.39. The van der Waals surface area contributed by atoms with Gasteiger partial charge >= 0.3 is 11.9 Å². The van der Waals surface area contributed by atoms with Gasteiger partial charge in [0.05, 0.1) is 38.6 Å². The third kappa shape index (κ3) is 6.60. The molecule has 6 heterocycles. The van der Waals surface area contributed by atoms with Crippen LogP contribution in [0.1, 0.15) is 118 Å². The van der Waals surface area contributed by atoms with Gasteiger partial charge in [0, 0.05) is 37.9 Å². The number of hydrogen-bond donors (Lipinski definition) is 0. The summed E-state index contributed by atoms with van der Waals surface area (Å²) in [7, 11) is -3.88. The van der Waals surface area contributed by atoms with Gasteiger partial charge in [-0.2, -0.15) is 0 Å². The second-order valence-corrected chi connectivity index (χ2v) is 35.2. The normalized spacial score (nSPS) is 13.2. The van der Waals surface area contributed by atoms with Gasteiger partial charge in [-0.25, -0.2) is 9.59 Å². The van der Waals surface area contributed by atoms with Crippen molar-refractivity contribution >= 4 is 133 Å². The van der Waals surface area contributed by atoms with E-state index in [0.717, 1.165) is 34.1 Å². The molecule has 0 aliphatic carbocycles. The van der Waals surface area contributed by atoms with Crippen molar-refractivity contribution < 1.29 is 19.1 Å². The van der Waals surface area contributed by atoms with Crippen molar-refractivity contribution in [3.05, 3.63) is 35.4 Å². The largest absolute Gasteiger partial charge is 0.462 e. The third-order valence-electron chi connectivity index (χ3n) is 11.9. The summed E-state index contributed by atoms with van der Waals surface area (Å²) >= 11 is 10.7. The van der Waals surface area contributed by atoms with Gasteiger partial charge in [-0.3, -0.25) is 0 Å². The number of hydrogen-bond acceptors (Lipinski definition) is 10. The van der Waals surface area contributed by atoms with Gasteiger partial charge in [0.15, 0.2) is 0 Å². The molecule has 0 fully saturated rings. The molecule has 0 saturated carbocycles. The Morgan fingerprint density at radius 3 is 1.44 bits per heavy atom. The highest BCUT2D eigenvalue weighted by molar-refractivity contribution is 7.40. The Hall–Kier alpha value is -1.65. The van der Waals surface area contributed by atoms with Crippen LogP contribution in [0.3, 0.4) is 0 Å². The molecule has 6 aromatic heterocycles. The van der Waals surface area contributed by atoms with Crippen LogP contribution in [0.15, 0.2) is 24.3 Å². The Bertz CT molecular complexity index is 2230. The van der Waals surface area contributed by atoms with Crippen molar-refractivity contribution in [1.29, 1.82) is 0 Å². The number of carbonyl (C=O) groups excluding carboxylic acids is 2. The van der Waals surface area contributed by atoms with Crippen molar-refractivity contribution in [3.8, 4) is 19.5 Å². The Morgan fingerprint density at radius 1 is 0.500 bits per heavy atom. The molecule has 6 aromatic rings. The molecule has 0 spiro atoms. The van der Waals surface area contributed by atoms with E-state index >= 15 is 0 Å². The average Bonchev–Trinajstić information content (AvgIpc) is 3.88. The molecule has 0 saturated heterocycles. The number of esters is 2. The summed E-state index contributed by atoms with van der Waals surface area (Å²) in [5.74, 6) is -0.503. The van der Waals surface area contributed by atoms with Gasteiger partial charge < -0.3 is 9.47 Å². The highest BCUT2D eigenvalue weighted by Gasteiger charge is 2.49. The predicted molar refractivity (Wildman–Crippen MR) is 250 cm³/mol. The van der Waals surface area contributed by atoms with E-state index in [1.165, 1.54) is 23.7 Å². The number of ether oxygens (including phenoxy) is 2. The Balaban J connectivity index is 1.47. The van der Waals surface area contributed by atoms with Crippen molar-refractivity contribution in [2.24, 2.45) is 0 Å².